The van der Waals surface area contributed by atoms with E-state index in [4.69, 9.17) is 4.74 Å². The largest absolute Gasteiger partial charge is 0.379 e. The van der Waals surface area contributed by atoms with Crippen molar-refractivity contribution in [2.45, 2.75) is 49.3 Å². The van der Waals surface area contributed by atoms with E-state index >= 15 is 8.78 Å². The first-order valence-corrected chi connectivity index (χ1v) is 9.77. The van der Waals surface area contributed by atoms with Gasteiger partial charge in [-0.3, -0.25) is 0 Å². The summed E-state index contributed by atoms with van der Waals surface area (Å²) in [6, 6.07) is 4.89. The Morgan fingerprint density at radius 3 is 2.50 bits per heavy atom. The summed E-state index contributed by atoms with van der Waals surface area (Å²) in [5, 5.41) is -1.30. The van der Waals surface area contributed by atoms with Crippen molar-refractivity contribution in [3.05, 3.63) is 47.5 Å². The zero-order valence-electron chi connectivity index (χ0n) is 14.8. The molecule has 0 bridgehead atoms. The molecule has 1 saturated carbocycles. The van der Waals surface area contributed by atoms with Gasteiger partial charge in [-0.05, 0) is 37.8 Å². The lowest BCUT2D eigenvalue weighted by atomic mass is 9.88. The fourth-order valence-electron chi connectivity index (χ4n) is 3.25. The van der Waals surface area contributed by atoms with E-state index in [2.05, 4.69) is 10.1 Å². The minimum atomic E-state index is -4.73. The monoisotopic (exact) mass is 385 g/mol. The number of aryl methyl sites for hydroxylation is 2. The Morgan fingerprint density at radius 1 is 1.31 bits per heavy atom. The third kappa shape index (κ3) is 2.83. The lowest BCUT2D eigenvalue weighted by Gasteiger charge is -2.39. The molecule has 1 unspecified atom stereocenters. The quantitative estimate of drug-likeness (QED) is 0.732. The number of benzene rings is 1. The molecule has 1 aromatic heterocycles. The third-order valence-electron chi connectivity index (χ3n) is 4.81. The summed E-state index contributed by atoms with van der Waals surface area (Å²) in [4.78, 5) is 3.76. The molecule has 3 rings (SSSR count). The molecule has 2 aromatic rings. The predicted molar refractivity (Wildman–Crippen MR) is 91.5 cm³/mol. The van der Waals surface area contributed by atoms with Crippen LogP contribution in [0, 0.1) is 13.8 Å². The molecule has 1 aromatic carbocycles. The standard InChI is InChI=1S/C17H21F2N3O3S/c1-12-4-7-15(13(2)8-12)16(25-3,9-22-11-20-10-21-22)17(18,19)26(23,24)14-5-6-14/h4,7-8,10-11,14H,5-6,9H2,1-3H3. The van der Waals surface area contributed by atoms with Crippen molar-refractivity contribution in [2.75, 3.05) is 7.11 Å². The van der Waals surface area contributed by atoms with Gasteiger partial charge in [0.1, 0.15) is 12.7 Å². The van der Waals surface area contributed by atoms with Crippen molar-refractivity contribution in [1.29, 1.82) is 0 Å². The summed E-state index contributed by atoms with van der Waals surface area (Å²) >= 11 is 0. The summed E-state index contributed by atoms with van der Waals surface area (Å²) in [5.74, 6) is 0. The molecule has 0 aliphatic heterocycles. The van der Waals surface area contributed by atoms with Gasteiger partial charge < -0.3 is 4.74 Å². The van der Waals surface area contributed by atoms with E-state index in [1.165, 1.54) is 23.4 Å². The Kier molecular flexibility index (Phi) is 4.64. The highest BCUT2D eigenvalue weighted by Crippen LogP contribution is 2.51. The number of rotatable bonds is 7. The van der Waals surface area contributed by atoms with Crippen LogP contribution >= 0.6 is 0 Å². The topological polar surface area (TPSA) is 74.1 Å². The Morgan fingerprint density at radius 2 is 2.00 bits per heavy atom. The normalized spacial score (nSPS) is 17.9. The summed E-state index contributed by atoms with van der Waals surface area (Å²) in [5.41, 5.74) is -0.891. The second-order valence-corrected chi connectivity index (χ2v) is 8.97. The molecule has 1 heterocycles. The lowest BCUT2D eigenvalue weighted by molar-refractivity contribution is -0.165. The molecule has 0 radical (unpaired) electrons. The van der Waals surface area contributed by atoms with Crippen LogP contribution in [0.5, 0.6) is 0 Å². The SMILES string of the molecule is COC(Cn1cncn1)(c1ccc(C)cc1C)C(F)(F)S(=O)(=O)C1CC1. The average molecular weight is 385 g/mol. The first kappa shape index (κ1) is 18.9. The van der Waals surface area contributed by atoms with Gasteiger partial charge in [-0.15, -0.1) is 0 Å². The van der Waals surface area contributed by atoms with Gasteiger partial charge in [-0.2, -0.15) is 13.9 Å². The minimum Gasteiger partial charge on any atom is -0.364 e. The van der Waals surface area contributed by atoms with Gasteiger partial charge in [-0.25, -0.2) is 18.1 Å². The van der Waals surface area contributed by atoms with Gasteiger partial charge in [0.05, 0.1) is 11.8 Å². The van der Waals surface area contributed by atoms with Crippen LogP contribution in [0.15, 0.2) is 30.9 Å². The number of ether oxygens (including phenoxy) is 1. The number of hydrogen-bond acceptors (Lipinski definition) is 5. The smallest absolute Gasteiger partial charge is 0.364 e. The molecule has 0 amide bonds. The van der Waals surface area contributed by atoms with Crippen LogP contribution in [0.3, 0.4) is 0 Å². The van der Waals surface area contributed by atoms with Gasteiger partial charge in [0, 0.05) is 7.11 Å². The number of aromatic nitrogens is 3. The Labute approximate surface area is 151 Å². The Bertz CT molecular complexity index is 896. The molecule has 1 aliphatic rings. The van der Waals surface area contributed by atoms with Crippen LogP contribution in [-0.4, -0.2) is 40.8 Å². The number of methoxy groups -OCH3 is 1. The molecule has 26 heavy (non-hydrogen) atoms. The average Bonchev–Trinajstić information content (AvgIpc) is 3.32. The zero-order chi connectivity index (χ0) is 19.2. The lowest BCUT2D eigenvalue weighted by Crippen LogP contribution is -2.55. The third-order valence-corrected chi connectivity index (χ3v) is 7.20. The molecule has 0 saturated heterocycles. The first-order valence-electron chi connectivity index (χ1n) is 8.22. The highest BCUT2D eigenvalue weighted by molar-refractivity contribution is 7.93. The van der Waals surface area contributed by atoms with E-state index in [1.54, 1.807) is 19.1 Å². The molecule has 0 spiro atoms. The van der Waals surface area contributed by atoms with Gasteiger partial charge in [0.15, 0.2) is 5.60 Å². The Hall–Kier alpha value is -1.87. The first-order chi connectivity index (χ1) is 12.2. The molecule has 0 N–H and O–H groups in total. The van der Waals surface area contributed by atoms with Crippen LogP contribution in [0.25, 0.3) is 0 Å². The highest BCUT2D eigenvalue weighted by atomic mass is 32.2. The summed E-state index contributed by atoms with van der Waals surface area (Å²) in [7, 11) is -3.63. The van der Waals surface area contributed by atoms with E-state index < -0.39 is 32.5 Å². The summed E-state index contributed by atoms with van der Waals surface area (Å²) in [6.07, 6.45) is 2.95. The molecule has 6 nitrogen and oxygen atoms in total. The van der Waals surface area contributed by atoms with E-state index in [0.717, 1.165) is 12.7 Å². The predicted octanol–water partition coefficient (Wildman–Crippen LogP) is 2.61. The molecule has 1 atom stereocenters. The van der Waals surface area contributed by atoms with Crippen LogP contribution in [0.1, 0.15) is 29.5 Å². The van der Waals surface area contributed by atoms with Crippen molar-refractivity contribution in [3.8, 4) is 0 Å². The molecule has 1 fully saturated rings. The van der Waals surface area contributed by atoms with E-state index in [9.17, 15) is 8.42 Å². The molecule has 142 valence electrons. The Balaban J connectivity index is 2.23. The number of alkyl halides is 2. The van der Waals surface area contributed by atoms with E-state index in [-0.39, 0.29) is 18.4 Å². The fourth-order valence-corrected chi connectivity index (χ4v) is 5.15. The zero-order valence-corrected chi connectivity index (χ0v) is 15.6. The number of halogens is 2. The minimum absolute atomic E-state index is 0.121. The van der Waals surface area contributed by atoms with Crippen LogP contribution in [0.2, 0.25) is 0 Å². The highest BCUT2D eigenvalue weighted by Gasteiger charge is 2.68. The van der Waals surface area contributed by atoms with Gasteiger partial charge in [0.2, 0.25) is 9.84 Å². The van der Waals surface area contributed by atoms with Crippen LogP contribution in [0.4, 0.5) is 8.78 Å². The number of hydrogen-bond donors (Lipinski definition) is 0. The molecular formula is C17H21F2N3O3S. The summed E-state index contributed by atoms with van der Waals surface area (Å²) in [6.45, 7) is 3.02. The van der Waals surface area contributed by atoms with E-state index in [0.29, 0.717) is 5.56 Å². The van der Waals surface area contributed by atoms with Crippen molar-refractivity contribution in [2.24, 2.45) is 0 Å². The number of nitrogens with zero attached hydrogens (tertiary/aromatic N) is 3. The fraction of sp³-hybridized carbons (Fsp3) is 0.529. The second-order valence-electron chi connectivity index (χ2n) is 6.70. The number of sulfone groups is 1. The van der Waals surface area contributed by atoms with Gasteiger partial charge >= 0.3 is 5.25 Å². The molecule has 1 aliphatic carbocycles. The maximum atomic E-state index is 15.6. The molecular weight excluding hydrogens is 364 g/mol. The maximum Gasteiger partial charge on any atom is 0.379 e. The van der Waals surface area contributed by atoms with Gasteiger partial charge in [-0.1, -0.05) is 23.8 Å². The van der Waals surface area contributed by atoms with Crippen molar-refractivity contribution in [3.63, 3.8) is 0 Å². The van der Waals surface area contributed by atoms with E-state index in [1.807, 2.05) is 6.92 Å². The second kappa shape index (κ2) is 6.38. The summed E-state index contributed by atoms with van der Waals surface area (Å²) < 4.78 is 62.9. The van der Waals surface area contributed by atoms with Crippen LogP contribution in [-0.2, 0) is 26.7 Å². The van der Waals surface area contributed by atoms with Crippen molar-refractivity contribution >= 4 is 9.84 Å². The van der Waals surface area contributed by atoms with Crippen molar-refractivity contribution in [1.82, 2.24) is 14.8 Å². The van der Waals surface area contributed by atoms with Crippen molar-refractivity contribution < 1.29 is 21.9 Å². The van der Waals surface area contributed by atoms with Gasteiger partial charge in [0.25, 0.3) is 0 Å². The molecule has 9 heteroatoms. The maximum absolute atomic E-state index is 15.6. The van der Waals surface area contributed by atoms with Crippen LogP contribution < -0.4 is 0 Å².